The Balaban J connectivity index is 1.63. The van der Waals surface area contributed by atoms with Crippen molar-refractivity contribution >= 4 is 28.1 Å². The fourth-order valence-electron chi connectivity index (χ4n) is 4.97. The summed E-state index contributed by atoms with van der Waals surface area (Å²) in [7, 11) is 0. The Kier molecular flexibility index (Phi) is 4.87. The summed E-state index contributed by atoms with van der Waals surface area (Å²) in [5.74, 6) is -0.825. The molecule has 1 spiro atoms. The highest BCUT2D eigenvalue weighted by Crippen LogP contribution is 2.48. The molecule has 1 aliphatic carbocycles. The molecule has 32 heavy (non-hydrogen) atoms. The first-order valence-corrected chi connectivity index (χ1v) is 10.8. The number of nitrogen functional groups attached to an aromatic ring is 1. The highest BCUT2D eigenvalue weighted by molar-refractivity contribution is 6.04. The van der Waals surface area contributed by atoms with Gasteiger partial charge < -0.3 is 20.4 Å². The Morgan fingerprint density at radius 1 is 1.38 bits per heavy atom. The van der Waals surface area contributed by atoms with Gasteiger partial charge in [-0.3, -0.25) is 14.3 Å². The van der Waals surface area contributed by atoms with Crippen molar-refractivity contribution in [2.75, 3.05) is 24.2 Å². The molecule has 0 amide bonds. The van der Waals surface area contributed by atoms with Crippen LogP contribution in [-0.4, -0.2) is 38.3 Å². The molecule has 9 nitrogen and oxygen atoms in total. The van der Waals surface area contributed by atoms with Crippen molar-refractivity contribution in [3.05, 3.63) is 40.5 Å². The number of aromatic nitrogens is 4. The molecular weight excluding hydrogens is 415 g/mol. The lowest BCUT2D eigenvalue weighted by Crippen LogP contribution is -2.42. The van der Waals surface area contributed by atoms with E-state index in [1.165, 1.54) is 13.3 Å². The lowest BCUT2D eigenvalue weighted by Gasteiger charge is -2.39. The minimum atomic E-state index is -0.736. The average Bonchev–Trinajstić information content (AvgIpc) is 3.46. The van der Waals surface area contributed by atoms with Crippen molar-refractivity contribution in [2.45, 2.75) is 51.1 Å². The van der Waals surface area contributed by atoms with E-state index in [0.717, 1.165) is 25.7 Å². The minimum Gasteiger partial charge on any atom is -0.487 e. The van der Waals surface area contributed by atoms with Gasteiger partial charge in [0.05, 0.1) is 27.7 Å². The van der Waals surface area contributed by atoms with Crippen molar-refractivity contribution in [3.63, 3.8) is 0 Å². The van der Waals surface area contributed by atoms with Crippen LogP contribution in [0.4, 0.5) is 15.8 Å². The summed E-state index contributed by atoms with van der Waals surface area (Å²) < 4.78 is 25.2. The third kappa shape index (κ3) is 3.04. The molecule has 0 bridgehead atoms. The Hall–Kier alpha value is -3.43. The standard InChI is InChI=1S/C22H25FN6O3/c1-13(30)14-9-29-19-15(20(14)31)17(24)16(23)18(26-7-4-8-28-12-25-11-27-28)21(19)32-10-22(29)5-2-3-6-22/h9,11-12,26H,2-8,10,24H2,1H3. The Labute approximate surface area is 183 Å². The molecule has 0 saturated heterocycles. The van der Waals surface area contributed by atoms with Crippen LogP contribution in [0.5, 0.6) is 5.75 Å². The molecule has 1 aliphatic heterocycles. The minimum absolute atomic E-state index is 0.0179. The van der Waals surface area contributed by atoms with Gasteiger partial charge in [0.1, 0.15) is 24.9 Å². The Bertz CT molecular complexity index is 1260. The maximum atomic E-state index is 15.4. The van der Waals surface area contributed by atoms with E-state index in [1.807, 2.05) is 4.57 Å². The maximum Gasteiger partial charge on any atom is 0.202 e. The third-order valence-corrected chi connectivity index (χ3v) is 6.62. The van der Waals surface area contributed by atoms with Crippen LogP contribution in [0.2, 0.25) is 0 Å². The number of nitrogens with two attached hydrogens (primary N) is 1. The van der Waals surface area contributed by atoms with Crippen LogP contribution in [0.3, 0.4) is 0 Å². The van der Waals surface area contributed by atoms with Gasteiger partial charge in [-0.2, -0.15) is 5.10 Å². The smallest absolute Gasteiger partial charge is 0.202 e. The summed E-state index contributed by atoms with van der Waals surface area (Å²) in [4.78, 5) is 29.2. The van der Waals surface area contributed by atoms with Crippen molar-refractivity contribution in [1.29, 1.82) is 0 Å². The SMILES string of the molecule is CC(=O)c1cn2c3c(c(NCCCn4cncn4)c(F)c(N)c3c1=O)OCC21CCCC1. The van der Waals surface area contributed by atoms with Gasteiger partial charge in [0.15, 0.2) is 17.3 Å². The second-order valence-corrected chi connectivity index (χ2v) is 8.61. The van der Waals surface area contributed by atoms with E-state index in [2.05, 4.69) is 15.4 Å². The number of aryl methyl sites for hydroxylation is 1. The maximum absolute atomic E-state index is 15.4. The first-order valence-electron chi connectivity index (χ1n) is 10.8. The Morgan fingerprint density at radius 3 is 2.84 bits per heavy atom. The molecule has 1 aromatic carbocycles. The molecule has 1 fully saturated rings. The van der Waals surface area contributed by atoms with E-state index in [4.69, 9.17) is 10.5 Å². The number of anilines is 2. The van der Waals surface area contributed by atoms with Gasteiger partial charge in [0.2, 0.25) is 5.43 Å². The number of hydrogen-bond donors (Lipinski definition) is 2. The number of benzene rings is 1. The number of halogens is 1. The van der Waals surface area contributed by atoms with Crippen LogP contribution in [0.15, 0.2) is 23.6 Å². The predicted molar refractivity (Wildman–Crippen MR) is 118 cm³/mol. The molecule has 5 rings (SSSR count). The highest BCUT2D eigenvalue weighted by atomic mass is 19.1. The second kappa shape index (κ2) is 7.61. The highest BCUT2D eigenvalue weighted by Gasteiger charge is 2.42. The van der Waals surface area contributed by atoms with E-state index < -0.39 is 11.2 Å². The summed E-state index contributed by atoms with van der Waals surface area (Å²) in [6.07, 6.45) is 9.13. The zero-order chi connectivity index (χ0) is 22.5. The molecule has 0 atom stereocenters. The van der Waals surface area contributed by atoms with Crippen LogP contribution in [-0.2, 0) is 12.1 Å². The summed E-state index contributed by atoms with van der Waals surface area (Å²) in [5, 5.41) is 7.17. The van der Waals surface area contributed by atoms with Gasteiger partial charge in [0, 0.05) is 19.3 Å². The van der Waals surface area contributed by atoms with Gasteiger partial charge in [-0.25, -0.2) is 9.37 Å². The van der Waals surface area contributed by atoms with E-state index in [0.29, 0.717) is 31.6 Å². The van der Waals surface area contributed by atoms with E-state index in [9.17, 15) is 9.59 Å². The molecule has 0 unspecified atom stereocenters. The molecule has 1 saturated carbocycles. The third-order valence-electron chi connectivity index (χ3n) is 6.62. The molecule has 2 aromatic heterocycles. The number of nitrogens with zero attached hydrogens (tertiary/aromatic N) is 4. The lowest BCUT2D eigenvalue weighted by atomic mass is 9.93. The number of pyridine rings is 1. The number of carbonyl (C=O) groups excluding carboxylic acids is 1. The number of ketones is 1. The second-order valence-electron chi connectivity index (χ2n) is 8.61. The summed E-state index contributed by atoms with van der Waals surface area (Å²) in [6.45, 7) is 2.75. The molecular formula is C22H25FN6O3. The van der Waals surface area contributed by atoms with Crippen LogP contribution in [0, 0.1) is 5.82 Å². The van der Waals surface area contributed by atoms with Crippen molar-refractivity contribution < 1.29 is 13.9 Å². The predicted octanol–water partition coefficient (Wildman–Crippen LogP) is 2.68. The number of ether oxygens (including phenoxy) is 1. The molecule has 10 heteroatoms. The van der Waals surface area contributed by atoms with Crippen LogP contribution in [0.25, 0.3) is 10.9 Å². The normalized spacial score (nSPS) is 16.4. The molecule has 3 N–H and O–H groups in total. The van der Waals surface area contributed by atoms with Crippen LogP contribution in [0.1, 0.15) is 49.4 Å². The topological polar surface area (TPSA) is 117 Å². The fourth-order valence-corrected chi connectivity index (χ4v) is 4.97. The average molecular weight is 440 g/mol. The van der Waals surface area contributed by atoms with Crippen LogP contribution >= 0.6 is 0 Å². The Morgan fingerprint density at radius 2 is 2.16 bits per heavy atom. The van der Waals surface area contributed by atoms with Gasteiger partial charge in [-0.05, 0) is 26.2 Å². The van der Waals surface area contributed by atoms with E-state index in [-0.39, 0.29) is 39.4 Å². The number of carbonyl (C=O) groups is 1. The number of Topliss-reactive ketones (excluding diaryl/α,β-unsaturated/α-hetero) is 1. The van der Waals surface area contributed by atoms with Gasteiger partial charge in [0.25, 0.3) is 0 Å². The molecule has 3 aromatic rings. The van der Waals surface area contributed by atoms with Crippen molar-refractivity contribution in [1.82, 2.24) is 19.3 Å². The summed E-state index contributed by atoms with van der Waals surface area (Å²) in [5.41, 5.74) is 5.61. The number of hydrogen-bond acceptors (Lipinski definition) is 7. The zero-order valence-electron chi connectivity index (χ0n) is 17.9. The monoisotopic (exact) mass is 440 g/mol. The number of nitrogens with one attached hydrogen (secondary N) is 1. The molecule has 168 valence electrons. The van der Waals surface area contributed by atoms with Crippen molar-refractivity contribution in [2.24, 2.45) is 0 Å². The largest absolute Gasteiger partial charge is 0.487 e. The van der Waals surface area contributed by atoms with Gasteiger partial charge >= 0.3 is 0 Å². The van der Waals surface area contributed by atoms with Crippen LogP contribution < -0.4 is 21.2 Å². The first kappa shape index (κ1) is 20.5. The number of rotatable bonds is 6. The molecule has 3 heterocycles. The zero-order valence-corrected chi connectivity index (χ0v) is 17.9. The number of fused-ring (bicyclic) bond motifs is 1. The lowest BCUT2D eigenvalue weighted by molar-refractivity contribution is 0.101. The first-order chi connectivity index (χ1) is 15.4. The van der Waals surface area contributed by atoms with Gasteiger partial charge in [-0.15, -0.1) is 0 Å². The molecule has 2 aliphatic rings. The fraction of sp³-hybridized carbons (Fsp3) is 0.455. The van der Waals surface area contributed by atoms with E-state index >= 15 is 4.39 Å². The summed E-state index contributed by atoms with van der Waals surface area (Å²) >= 11 is 0. The van der Waals surface area contributed by atoms with E-state index in [1.54, 1.807) is 17.2 Å². The van der Waals surface area contributed by atoms with Crippen molar-refractivity contribution in [3.8, 4) is 5.75 Å². The van der Waals surface area contributed by atoms with Gasteiger partial charge in [-0.1, -0.05) is 12.8 Å². The summed E-state index contributed by atoms with van der Waals surface area (Å²) in [6, 6.07) is 0. The quantitative estimate of drug-likeness (QED) is 0.344. The molecule has 0 radical (unpaired) electrons.